The van der Waals surface area contributed by atoms with Crippen LogP contribution in [0.15, 0.2) is 42.6 Å². The maximum atomic E-state index is 5.85. The van der Waals surface area contributed by atoms with Crippen LogP contribution in [0.1, 0.15) is 0 Å². The predicted molar refractivity (Wildman–Crippen MR) is 80.2 cm³/mol. The first kappa shape index (κ1) is 18.2. The number of rotatable bonds is 1. The normalized spacial score (nSPS) is 8.24. The minimum Gasteiger partial charge on any atom is -0.397 e. The lowest BCUT2D eigenvalue weighted by atomic mass is 10.1. The van der Waals surface area contributed by atoms with Crippen LogP contribution in [0.3, 0.4) is 0 Å². The van der Waals surface area contributed by atoms with Gasteiger partial charge in [0.05, 0.1) is 17.1 Å². The van der Waals surface area contributed by atoms with Crippen molar-refractivity contribution >= 4 is 48.6 Å². The van der Waals surface area contributed by atoms with Crippen LogP contribution in [-0.2, 0) is 0 Å². The first-order chi connectivity index (χ1) is 6.79. The van der Waals surface area contributed by atoms with Crippen LogP contribution in [0.25, 0.3) is 11.3 Å². The highest BCUT2D eigenvalue weighted by atomic mass is 35.5. The van der Waals surface area contributed by atoms with E-state index >= 15 is 0 Å². The fourth-order valence-corrected chi connectivity index (χ4v) is 1.33. The highest BCUT2D eigenvalue weighted by Crippen LogP contribution is 2.27. The number of pyridine rings is 1. The number of halogens is 3. The summed E-state index contributed by atoms with van der Waals surface area (Å²) in [6, 6.07) is 11.3. The summed E-state index contributed by atoms with van der Waals surface area (Å²) in [6.07, 6.45) is 1.73. The molecular weight excluding hydrogens is 281 g/mol. The monoisotopic (exact) mass is 293 g/mol. The van der Waals surface area contributed by atoms with Gasteiger partial charge >= 0.3 is 0 Å². The molecule has 2 aromatic rings. The number of aromatic nitrogens is 1. The molecule has 0 spiro atoms. The summed E-state index contributed by atoms with van der Waals surface area (Å²) in [6.45, 7) is 0. The van der Waals surface area contributed by atoms with E-state index in [0.717, 1.165) is 11.3 Å². The van der Waals surface area contributed by atoms with Crippen molar-refractivity contribution in [1.29, 1.82) is 0 Å². The van der Waals surface area contributed by atoms with Crippen LogP contribution in [0.4, 0.5) is 11.4 Å². The van der Waals surface area contributed by atoms with E-state index in [1.54, 1.807) is 12.3 Å². The molecule has 0 unspecified atom stereocenters. The summed E-state index contributed by atoms with van der Waals surface area (Å²) in [7, 11) is 0. The van der Waals surface area contributed by atoms with E-state index in [4.69, 9.17) is 11.5 Å². The number of nitrogens with zero attached hydrogens (tertiary/aromatic N) is 1. The number of benzene rings is 1. The Balaban J connectivity index is 0. The second kappa shape index (κ2) is 8.01. The minimum atomic E-state index is 0. The molecule has 17 heavy (non-hydrogen) atoms. The zero-order chi connectivity index (χ0) is 9.97. The fourth-order valence-electron chi connectivity index (χ4n) is 1.33. The second-order valence-corrected chi connectivity index (χ2v) is 3.02. The van der Waals surface area contributed by atoms with Crippen molar-refractivity contribution in [3.8, 4) is 11.3 Å². The Morgan fingerprint density at radius 1 is 0.824 bits per heavy atom. The van der Waals surface area contributed by atoms with Crippen LogP contribution in [0.5, 0.6) is 0 Å². The van der Waals surface area contributed by atoms with E-state index < -0.39 is 0 Å². The average Bonchev–Trinajstić information content (AvgIpc) is 2.23. The van der Waals surface area contributed by atoms with Crippen molar-refractivity contribution in [1.82, 2.24) is 4.98 Å². The Kier molecular flexibility index (Phi) is 8.58. The lowest BCUT2D eigenvalue weighted by Gasteiger charge is -2.06. The molecule has 1 heterocycles. The van der Waals surface area contributed by atoms with Crippen molar-refractivity contribution in [3.63, 3.8) is 0 Å². The Bertz CT molecular complexity index is 449. The standard InChI is InChI=1S/C11H11N3.3ClH/c12-9-5-3-4-8(11(9)13)10-6-1-2-7-14-10;;;/h1-7H,12-13H2;3*1H. The number of hydrogen-bond donors (Lipinski definition) is 2. The molecule has 6 heteroatoms. The smallest absolute Gasteiger partial charge is 0.0723 e. The minimum absolute atomic E-state index is 0. The molecule has 0 atom stereocenters. The van der Waals surface area contributed by atoms with Gasteiger partial charge in [0.1, 0.15) is 0 Å². The quantitative estimate of drug-likeness (QED) is 0.794. The molecule has 94 valence electrons. The van der Waals surface area contributed by atoms with Gasteiger partial charge in [-0.05, 0) is 18.2 Å². The van der Waals surface area contributed by atoms with E-state index in [2.05, 4.69) is 4.98 Å². The zero-order valence-electron chi connectivity index (χ0n) is 8.87. The van der Waals surface area contributed by atoms with E-state index in [0.29, 0.717) is 11.4 Å². The maximum Gasteiger partial charge on any atom is 0.0723 e. The Morgan fingerprint density at radius 3 is 2.12 bits per heavy atom. The fraction of sp³-hybridized carbons (Fsp3) is 0. The summed E-state index contributed by atoms with van der Waals surface area (Å²) in [5.74, 6) is 0. The van der Waals surface area contributed by atoms with Crippen molar-refractivity contribution in [2.24, 2.45) is 0 Å². The molecule has 0 saturated heterocycles. The third-order valence-electron chi connectivity index (χ3n) is 2.08. The molecule has 4 N–H and O–H groups in total. The number of para-hydroxylation sites is 1. The number of nitrogen functional groups attached to an aromatic ring is 2. The molecule has 0 amide bonds. The van der Waals surface area contributed by atoms with Gasteiger partial charge in [-0.2, -0.15) is 0 Å². The first-order valence-corrected chi connectivity index (χ1v) is 4.34. The van der Waals surface area contributed by atoms with Gasteiger partial charge in [0.15, 0.2) is 0 Å². The lowest BCUT2D eigenvalue weighted by molar-refractivity contribution is 1.33. The molecule has 0 fully saturated rings. The third kappa shape index (κ3) is 3.97. The molecule has 3 nitrogen and oxygen atoms in total. The molecule has 2 rings (SSSR count). The SMILES string of the molecule is Cl.Cl.Cl.Nc1cccc(-c2ccccn2)c1N. The summed E-state index contributed by atoms with van der Waals surface area (Å²) < 4.78 is 0. The molecule has 0 bridgehead atoms. The number of nitrogens with two attached hydrogens (primary N) is 2. The van der Waals surface area contributed by atoms with Gasteiger partial charge in [0, 0.05) is 11.8 Å². The number of hydrogen-bond acceptors (Lipinski definition) is 3. The Labute approximate surface area is 119 Å². The molecule has 1 aromatic heterocycles. The molecular formula is C11H14Cl3N3. The van der Waals surface area contributed by atoms with Gasteiger partial charge in [-0.25, -0.2) is 0 Å². The van der Waals surface area contributed by atoms with Crippen LogP contribution < -0.4 is 11.5 Å². The molecule has 0 saturated carbocycles. The third-order valence-corrected chi connectivity index (χ3v) is 2.08. The van der Waals surface area contributed by atoms with Gasteiger partial charge in [-0.3, -0.25) is 4.98 Å². The Hall–Kier alpha value is -1.16. The van der Waals surface area contributed by atoms with Gasteiger partial charge in [0.2, 0.25) is 0 Å². The highest BCUT2D eigenvalue weighted by molar-refractivity contribution is 5.86. The topological polar surface area (TPSA) is 64.9 Å². The molecule has 0 radical (unpaired) electrons. The van der Waals surface area contributed by atoms with Crippen LogP contribution in [0.2, 0.25) is 0 Å². The largest absolute Gasteiger partial charge is 0.397 e. The molecule has 1 aromatic carbocycles. The second-order valence-electron chi connectivity index (χ2n) is 3.02. The number of anilines is 2. The van der Waals surface area contributed by atoms with E-state index in [1.807, 2.05) is 30.3 Å². The van der Waals surface area contributed by atoms with Crippen molar-refractivity contribution in [3.05, 3.63) is 42.6 Å². The van der Waals surface area contributed by atoms with E-state index in [-0.39, 0.29) is 37.2 Å². The summed E-state index contributed by atoms with van der Waals surface area (Å²) in [5, 5.41) is 0. The van der Waals surface area contributed by atoms with Crippen molar-refractivity contribution in [2.45, 2.75) is 0 Å². The van der Waals surface area contributed by atoms with Crippen molar-refractivity contribution in [2.75, 3.05) is 11.5 Å². The molecule has 0 aliphatic carbocycles. The summed E-state index contributed by atoms with van der Waals surface area (Å²) in [4.78, 5) is 4.22. The van der Waals surface area contributed by atoms with E-state index in [9.17, 15) is 0 Å². The average molecular weight is 295 g/mol. The zero-order valence-corrected chi connectivity index (χ0v) is 11.3. The summed E-state index contributed by atoms with van der Waals surface area (Å²) >= 11 is 0. The van der Waals surface area contributed by atoms with Crippen LogP contribution >= 0.6 is 37.2 Å². The van der Waals surface area contributed by atoms with Gasteiger partial charge in [-0.1, -0.05) is 18.2 Å². The van der Waals surface area contributed by atoms with Crippen molar-refractivity contribution < 1.29 is 0 Å². The van der Waals surface area contributed by atoms with Crippen LogP contribution in [-0.4, -0.2) is 4.98 Å². The highest BCUT2D eigenvalue weighted by Gasteiger charge is 2.04. The summed E-state index contributed by atoms with van der Waals surface area (Å²) in [5.41, 5.74) is 14.5. The first-order valence-electron chi connectivity index (χ1n) is 4.34. The van der Waals surface area contributed by atoms with Crippen LogP contribution in [0, 0.1) is 0 Å². The van der Waals surface area contributed by atoms with E-state index in [1.165, 1.54) is 0 Å². The van der Waals surface area contributed by atoms with Gasteiger partial charge < -0.3 is 11.5 Å². The molecule has 0 aliphatic heterocycles. The predicted octanol–water partition coefficient (Wildman–Crippen LogP) is 3.18. The Morgan fingerprint density at radius 2 is 1.53 bits per heavy atom. The molecule has 0 aliphatic rings. The van der Waals surface area contributed by atoms with Gasteiger partial charge in [-0.15, -0.1) is 37.2 Å². The maximum absolute atomic E-state index is 5.85. The lowest BCUT2D eigenvalue weighted by Crippen LogP contribution is -1.97. The van der Waals surface area contributed by atoms with Gasteiger partial charge in [0.25, 0.3) is 0 Å².